The van der Waals surface area contributed by atoms with E-state index in [1.165, 1.54) is 12.8 Å². The third-order valence-corrected chi connectivity index (χ3v) is 9.26. The Hall–Kier alpha value is 0.137. The van der Waals surface area contributed by atoms with Gasteiger partial charge in [-0.2, -0.15) is 0 Å². The maximum atomic E-state index is 6.51. The second-order valence-corrected chi connectivity index (χ2v) is 12.1. The number of hydrogen-bond donors (Lipinski definition) is 0. The lowest BCUT2D eigenvalue weighted by Crippen LogP contribution is -2.61. The lowest BCUT2D eigenvalue weighted by Gasteiger charge is -2.53. The Balaban J connectivity index is 2.37. The summed E-state index contributed by atoms with van der Waals surface area (Å²) in [6.07, 6.45) is 4.48. The summed E-state index contributed by atoms with van der Waals surface area (Å²) in [4.78, 5) is 0. The van der Waals surface area contributed by atoms with Crippen LogP contribution >= 0.6 is 0 Å². The van der Waals surface area contributed by atoms with Crippen LogP contribution in [0.1, 0.15) is 60.8 Å². The molecule has 0 amide bonds. The van der Waals surface area contributed by atoms with E-state index in [-0.39, 0.29) is 10.1 Å². The van der Waals surface area contributed by atoms with Gasteiger partial charge in [0.15, 0.2) is 0 Å². The molecule has 0 N–H and O–H groups in total. The van der Waals surface area contributed by atoms with Crippen LogP contribution in [0.15, 0.2) is 0 Å². The van der Waals surface area contributed by atoms with Crippen molar-refractivity contribution >= 4 is 8.56 Å². The summed E-state index contributed by atoms with van der Waals surface area (Å²) in [5.41, 5.74) is 0. The molecule has 16 heavy (non-hydrogen) atoms. The van der Waals surface area contributed by atoms with Crippen LogP contribution < -0.4 is 0 Å². The van der Waals surface area contributed by atoms with Crippen LogP contribution in [0.3, 0.4) is 0 Å². The average Bonchev–Trinajstić information content (AvgIpc) is 2.41. The SMILES string of the molecule is CC(C)(C)[Si]1(C(C)(C)C)OC2CCC(C2)O1. The highest BCUT2D eigenvalue weighted by Gasteiger charge is 2.62. The van der Waals surface area contributed by atoms with Gasteiger partial charge in [0, 0.05) is 22.3 Å². The van der Waals surface area contributed by atoms with Crippen molar-refractivity contribution in [3.8, 4) is 0 Å². The number of fused-ring (bicyclic) bond motifs is 2. The van der Waals surface area contributed by atoms with Crippen LogP contribution in [0.5, 0.6) is 0 Å². The van der Waals surface area contributed by atoms with Gasteiger partial charge in [0.25, 0.3) is 0 Å². The standard InChI is InChI=1S/C13H26O2Si/c1-12(2,3)16(13(4,5)6)14-10-7-8-11(9-10)15-16/h10-11H,7-9H2,1-6H3. The van der Waals surface area contributed by atoms with Gasteiger partial charge in [-0.05, 0) is 19.3 Å². The molecule has 1 saturated heterocycles. The van der Waals surface area contributed by atoms with E-state index in [0.717, 1.165) is 6.42 Å². The second kappa shape index (κ2) is 3.56. The van der Waals surface area contributed by atoms with Gasteiger partial charge in [-0.25, -0.2) is 0 Å². The van der Waals surface area contributed by atoms with Crippen molar-refractivity contribution in [1.29, 1.82) is 0 Å². The first-order valence-corrected chi connectivity index (χ1v) is 8.33. The molecule has 1 saturated carbocycles. The van der Waals surface area contributed by atoms with Gasteiger partial charge >= 0.3 is 8.56 Å². The van der Waals surface area contributed by atoms with E-state index in [1.54, 1.807) is 0 Å². The first-order valence-electron chi connectivity index (χ1n) is 6.51. The minimum atomic E-state index is -2.15. The Morgan fingerprint density at radius 3 is 1.50 bits per heavy atom. The van der Waals surface area contributed by atoms with E-state index in [2.05, 4.69) is 41.5 Å². The molecule has 1 heterocycles. The predicted octanol–water partition coefficient (Wildman–Crippen LogP) is 4.00. The zero-order chi connectivity index (χ0) is 12.2. The van der Waals surface area contributed by atoms with Crippen molar-refractivity contribution < 1.29 is 8.85 Å². The maximum absolute atomic E-state index is 6.51. The molecule has 2 nitrogen and oxygen atoms in total. The molecule has 2 aliphatic rings. The molecule has 1 aliphatic carbocycles. The molecular formula is C13H26O2Si. The van der Waals surface area contributed by atoms with Crippen molar-refractivity contribution in [2.45, 2.75) is 83.1 Å². The van der Waals surface area contributed by atoms with Crippen LogP contribution in [-0.4, -0.2) is 20.8 Å². The Labute approximate surface area is 101 Å². The number of rotatable bonds is 0. The topological polar surface area (TPSA) is 18.5 Å². The molecule has 0 spiro atoms. The summed E-state index contributed by atoms with van der Waals surface area (Å²) >= 11 is 0. The van der Waals surface area contributed by atoms with Gasteiger partial charge in [0.05, 0.1) is 0 Å². The second-order valence-electron chi connectivity index (χ2n) is 7.41. The molecule has 0 radical (unpaired) electrons. The smallest absolute Gasteiger partial charge is 0.349 e. The monoisotopic (exact) mass is 242 g/mol. The third kappa shape index (κ3) is 1.77. The largest absolute Gasteiger partial charge is 0.390 e. The van der Waals surface area contributed by atoms with Gasteiger partial charge in [0.2, 0.25) is 0 Å². The molecule has 0 aromatic rings. The first kappa shape index (κ1) is 12.6. The molecule has 94 valence electrons. The molecule has 3 heteroatoms. The first-order chi connectivity index (χ1) is 7.16. The van der Waals surface area contributed by atoms with Crippen LogP contribution in [0.2, 0.25) is 10.1 Å². The molecule has 2 unspecified atom stereocenters. The van der Waals surface area contributed by atoms with Gasteiger partial charge in [-0.1, -0.05) is 41.5 Å². The maximum Gasteiger partial charge on any atom is 0.349 e. The Morgan fingerprint density at radius 1 is 0.812 bits per heavy atom. The van der Waals surface area contributed by atoms with Crippen molar-refractivity contribution in [1.82, 2.24) is 0 Å². The Morgan fingerprint density at radius 2 is 1.19 bits per heavy atom. The van der Waals surface area contributed by atoms with E-state index in [1.807, 2.05) is 0 Å². The van der Waals surface area contributed by atoms with Crippen LogP contribution in [-0.2, 0) is 8.85 Å². The summed E-state index contributed by atoms with van der Waals surface area (Å²) in [5, 5.41) is 0.291. The fourth-order valence-electron chi connectivity index (χ4n) is 3.44. The van der Waals surface area contributed by atoms with Gasteiger partial charge in [-0.15, -0.1) is 0 Å². The molecule has 0 aromatic heterocycles. The normalized spacial score (nSPS) is 34.1. The summed E-state index contributed by atoms with van der Waals surface area (Å²) < 4.78 is 13.0. The van der Waals surface area contributed by atoms with E-state index >= 15 is 0 Å². The Bertz CT molecular complexity index is 247. The zero-order valence-corrected chi connectivity index (χ0v) is 12.6. The number of hydrogen-bond acceptors (Lipinski definition) is 2. The van der Waals surface area contributed by atoms with E-state index < -0.39 is 8.56 Å². The highest BCUT2D eigenvalue weighted by molar-refractivity contribution is 6.73. The molecule has 0 aromatic carbocycles. The highest BCUT2D eigenvalue weighted by atomic mass is 28.4. The zero-order valence-electron chi connectivity index (χ0n) is 11.6. The Kier molecular flexibility index (Phi) is 2.80. The van der Waals surface area contributed by atoms with E-state index in [4.69, 9.17) is 8.85 Å². The fourth-order valence-corrected chi connectivity index (χ4v) is 8.53. The van der Waals surface area contributed by atoms with Crippen LogP contribution in [0.25, 0.3) is 0 Å². The highest BCUT2D eigenvalue weighted by Crippen LogP contribution is 2.56. The lowest BCUT2D eigenvalue weighted by atomic mass is 10.2. The van der Waals surface area contributed by atoms with Crippen molar-refractivity contribution in [3.63, 3.8) is 0 Å². The molecule has 1 aliphatic heterocycles. The minimum absolute atomic E-state index is 0.145. The van der Waals surface area contributed by atoms with E-state index in [9.17, 15) is 0 Å². The minimum Gasteiger partial charge on any atom is -0.390 e. The van der Waals surface area contributed by atoms with E-state index in [0.29, 0.717) is 12.2 Å². The van der Waals surface area contributed by atoms with Gasteiger partial charge in [0.1, 0.15) is 0 Å². The van der Waals surface area contributed by atoms with Crippen molar-refractivity contribution in [2.24, 2.45) is 0 Å². The van der Waals surface area contributed by atoms with Crippen molar-refractivity contribution in [2.75, 3.05) is 0 Å². The van der Waals surface area contributed by atoms with Crippen molar-refractivity contribution in [3.05, 3.63) is 0 Å². The van der Waals surface area contributed by atoms with Gasteiger partial charge in [-0.3, -0.25) is 0 Å². The van der Waals surface area contributed by atoms with Gasteiger partial charge < -0.3 is 8.85 Å². The molecule has 2 atom stereocenters. The quantitative estimate of drug-likeness (QED) is 0.598. The van der Waals surface area contributed by atoms with Crippen LogP contribution in [0, 0.1) is 0 Å². The summed E-state index contributed by atoms with van der Waals surface area (Å²) in [6, 6.07) is 0. The average molecular weight is 242 g/mol. The summed E-state index contributed by atoms with van der Waals surface area (Å²) in [5.74, 6) is 0. The lowest BCUT2D eigenvalue weighted by molar-refractivity contribution is 0.0152. The molecule has 2 rings (SSSR count). The van der Waals surface area contributed by atoms with Crippen LogP contribution in [0.4, 0.5) is 0 Å². The third-order valence-electron chi connectivity index (χ3n) is 3.98. The predicted molar refractivity (Wildman–Crippen MR) is 68.8 cm³/mol. The molecule has 2 bridgehead atoms. The fraction of sp³-hybridized carbons (Fsp3) is 1.00. The molecular weight excluding hydrogens is 216 g/mol. The summed E-state index contributed by atoms with van der Waals surface area (Å²) in [7, 11) is -2.15. The summed E-state index contributed by atoms with van der Waals surface area (Å²) in [6.45, 7) is 13.7. The molecule has 2 fully saturated rings.